The number of amides is 1. The fourth-order valence-electron chi connectivity index (χ4n) is 3.11. The number of ether oxygens (including phenoxy) is 2. The summed E-state index contributed by atoms with van der Waals surface area (Å²) in [6.45, 7) is 0.354. The number of rotatable bonds is 7. The van der Waals surface area contributed by atoms with Gasteiger partial charge in [-0.1, -0.05) is 12.1 Å². The summed E-state index contributed by atoms with van der Waals surface area (Å²) in [5.74, 6) is -0.279. The highest BCUT2D eigenvalue weighted by atomic mass is 32.2. The van der Waals surface area contributed by atoms with Crippen LogP contribution in [0.1, 0.15) is 29.6 Å². The first kappa shape index (κ1) is 20.2. The molecule has 2 aliphatic heterocycles. The third-order valence-electron chi connectivity index (χ3n) is 4.49. The molecule has 3 rings (SSSR count). The fourth-order valence-corrected chi connectivity index (χ4v) is 5.89. The van der Waals surface area contributed by atoms with Gasteiger partial charge in [0.1, 0.15) is 0 Å². The third-order valence-corrected chi connectivity index (χ3v) is 7.46. The van der Waals surface area contributed by atoms with Crippen LogP contribution >= 0.6 is 11.8 Å². The highest BCUT2D eigenvalue weighted by molar-refractivity contribution is 7.99. The lowest BCUT2D eigenvalue weighted by Gasteiger charge is -2.13. The van der Waals surface area contributed by atoms with Crippen molar-refractivity contribution in [2.75, 3.05) is 30.5 Å². The summed E-state index contributed by atoms with van der Waals surface area (Å²) in [5, 5.41) is 2.60. The lowest BCUT2D eigenvalue weighted by Crippen LogP contribution is -2.38. The van der Waals surface area contributed by atoms with Crippen molar-refractivity contribution < 1.29 is 27.5 Å². The van der Waals surface area contributed by atoms with Crippen molar-refractivity contribution in [1.82, 2.24) is 5.32 Å². The van der Waals surface area contributed by atoms with Crippen molar-refractivity contribution in [3.63, 3.8) is 0 Å². The highest BCUT2D eigenvalue weighted by Crippen LogP contribution is 2.27. The number of benzene rings is 1. The summed E-state index contributed by atoms with van der Waals surface area (Å²) in [7, 11) is -3.07. The third kappa shape index (κ3) is 5.95. The molecule has 0 spiro atoms. The van der Waals surface area contributed by atoms with Gasteiger partial charge >= 0.3 is 5.97 Å². The molecule has 0 saturated carbocycles. The van der Waals surface area contributed by atoms with Crippen LogP contribution in [0.4, 0.5) is 0 Å². The molecule has 0 aromatic heterocycles. The number of thioether (sulfide) groups is 1. The Morgan fingerprint density at radius 2 is 2.07 bits per heavy atom. The molecule has 2 fully saturated rings. The minimum absolute atomic E-state index is 0.0601. The van der Waals surface area contributed by atoms with Crippen LogP contribution in [0, 0.1) is 0 Å². The molecule has 27 heavy (non-hydrogen) atoms. The molecule has 2 aliphatic rings. The molecule has 1 aromatic rings. The van der Waals surface area contributed by atoms with Crippen molar-refractivity contribution >= 4 is 33.5 Å². The molecule has 0 bridgehead atoms. The Morgan fingerprint density at radius 3 is 2.78 bits per heavy atom. The van der Waals surface area contributed by atoms with E-state index in [9.17, 15) is 18.0 Å². The van der Waals surface area contributed by atoms with Crippen LogP contribution in [0.2, 0.25) is 0 Å². The summed E-state index contributed by atoms with van der Waals surface area (Å²) < 4.78 is 33.6. The molecule has 0 unspecified atom stereocenters. The molecule has 1 aromatic carbocycles. The van der Waals surface area contributed by atoms with Gasteiger partial charge in [-0.2, -0.15) is 0 Å². The standard InChI is InChI=1S/C18H23NO6S2/c20-17(19-13-7-9-27(22,23)12-13)10-25-18(21)15-5-1-2-6-16(15)26-11-14-4-3-8-24-14/h1-2,5-6,13-14H,3-4,7-12H2,(H,19,20)/t13-,14-/m0/s1. The van der Waals surface area contributed by atoms with Gasteiger partial charge in [-0.05, 0) is 31.4 Å². The van der Waals surface area contributed by atoms with E-state index >= 15 is 0 Å². The smallest absolute Gasteiger partial charge is 0.339 e. The van der Waals surface area contributed by atoms with E-state index in [0.29, 0.717) is 12.0 Å². The number of hydrogen-bond donors (Lipinski definition) is 1. The molecule has 2 atom stereocenters. The van der Waals surface area contributed by atoms with Gasteiger partial charge in [0, 0.05) is 23.3 Å². The quantitative estimate of drug-likeness (QED) is 0.533. The van der Waals surface area contributed by atoms with Crippen molar-refractivity contribution in [3.8, 4) is 0 Å². The molecule has 0 radical (unpaired) electrons. The van der Waals surface area contributed by atoms with Gasteiger partial charge in [0.15, 0.2) is 16.4 Å². The minimum Gasteiger partial charge on any atom is -0.452 e. The maximum absolute atomic E-state index is 12.4. The van der Waals surface area contributed by atoms with Gasteiger partial charge in [-0.3, -0.25) is 4.79 Å². The summed E-state index contributed by atoms with van der Waals surface area (Å²) in [6, 6.07) is 6.70. The molecule has 1 N–H and O–H groups in total. The number of sulfone groups is 1. The first-order valence-corrected chi connectivity index (χ1v) is 11.7. The van der Waals surface area contributed by atoms with E-state index in [1.54, 1.807) is 12.1 Å². The normalized spacial score (nSPS) is 23.9. The average molecular weight is 414 g/mol. The van der Waals surface area contributed by atoms with Gasteiger partial charge < -0.3 is 14.8 Å². The number of carbonyl (C=O) groups is 2. The fraction of sp³-hybridized carbons (Fsp3) is 0.556. The van der Waals surface area contributed by atoms with Crippen LogP contribution in [-0.2, 0) is 24.1 Å². The minimum atomic E-state index is -3.07. The Kier molecular flexibility index (Phi) is 6.78. The first-order valence-electron chi connectivity index (χ1n) is 8.93. The monoisotopic (exact) mass is 413 g/mol. The molecule has 1 amide bonds. The molecule has 7 nitrogen and oxygen atoms in total. The Balaban J connectivity index is 1.49. The van der Waals surface area contributed by atoms with E-state index < -0.39 is 34.4 Å². The zero-order valence-electron chi connectivity index (χ0n) is 14.9. The Morgan fingerprint density at radius 1 is 1.26 bits per heavy atom. The maximum Gasteiger partial charge on any atom is 0.339 e. The summed E-state index contributed by atoms with van der Waals surface area (Å²) in [4.78, 5) is 25.1. The van der Waals surface area contributed by atoms with E-state index in [1.807, 2.05) is 12.1 Å². The van der Waals surface area contributed by atoms with E-state index in [2.05, 4.69) is 5.32 Å². The second kappa shape index (κ2) is 9.07. The van der Waals surface area contributed by atoms with Crippen LogP contribution < -0.4 is 5.32 Å². The van der Waals surface area contributed by atoms with Crippen LogP contribution in [0.15, 0.2) is 29.2 Å². The van der Waals surface area contributed by atoms with Crippen molar-refractivity contribution in [2.24, 2.45) is 0 Å². The Bertz CT molecular complexity index is 789. The zero-order valence-corrected chi connectivity index (χ0v) is 16.5. The first-order chi connectivity index (χ1) is 12.9. The van der Waals surface area contributed by atoms with Gasteiger partial charge in [0.25, 0.3) is 5.91 Å². The molecule has 2 heterocycles. The molecule has 9 heteroatoms. The SMILES string of the molecule is O=C(COC(=O)c1ccccc1SC[C@@H]1CCCO1)N[C@H]1CCS(=O)(=O)C1. The second-order valence-corrected chi connectivity index (χ2v) is 9.98. The van der Waals surface area contributed by atoms with E-state index in [4.69, 9.17) is 9.47 Å². The lowest BCUT2D eigenvalue weighted by molar-refractivity contribution is -0.124. The predicted molar refractivity (Wildman–Crippen MR) is 102 cm³/mol. The summed E-state index contributed by atoms with van der Waals surface area (Å²) in [5.41, 5.74) is 0.414. The summed E-state index contributed by atoms with van der Waals surface area (Å²) in [6.07, 6.45) is 2.68. The van der Waals surface area contributed by atoms with E-state index in [1.165, 1.54) is 11.8 Å². The average Bonchev–Trinajstić information content (AvgIpc) is 3.27. The molecule has 2 saturated heterocycles. The number of nitrogens with one attached hydrogen (secondary N) is 1. The maximum atomic E-state index is 12.4. The second-order valence-electron chi connectivity index (χ2n) is 6.69. The van der Waals surface area contributed by atoms with Gasteiger partial charge in [-0.25, -0.2) is 13.2 Å². The van der Waals surface area contributed by atoms with Crippen LogP contribution in [0.25, 0.3) is 0 Å². The number of esters is 1. The van der Waals surface area contributed by atoms with Crippen molar-refractivity contribution in [2.45, 2.75) is 36.3 Å². The van der Waals surface area contributed by atoms with Crippen molar-refractivity contribution in [3.05, 3.63) is 29.8 Å². The summed E-state index contributed by atoms with van der Waals surface area (Å²) >= 11 is 1.54. The van der Waals surface area contributed by atoms with E-state index in [-0.39, 0.29) is 17.6 Å². The van der Waals surface area contributed by atoms with Crippen LogP contribution in [-0.4, -0.2) is 62.9 Å². The van der Waals surface area contributed by atoms with Crippen molar-refractivity contribution in [1.29, 1.82) is 0 Å². The topological polar surface area (TPSA) is 98.8 Å². The van der Waals surface area contributed by atoms with Gasteiger partial charge in [0.2, 0.25) is 0 Å². The number of carbonyl (C=O) groups excluding carboxylic acids is 2. The Labute approximate surface area is 163 Å². The van der Waals surface area contributed by atoms with Gasteiger partial charge in [0.05, 0.1) is 23.2 Å². The highest BCUT2D eigenvalue weighted by Gasteiger charge is 2.29. The van der Waals surface area contributed by atoms with Gasteiger partial charge in [-0.15, -0.1) is 11.8 Å². The van der Waals surface area contributed by atoms with Crippen LogP contribution in [0.5, 0.6) is 0 Å². The van der Waals surface area contributed by atoms with E-state index in [0.717, 1.165) is 30.1 Å². The molecular formula is C18H23NO6S2. The van der Waals surface area contributed by atoms with Crippen LogP contribution in [0.3, 0.4) is 0 Å². The largest absolute Gasteiger partial charge is 0.452 e. The Hall–Kier alpha value is -1.58. The zero-order chi connectivity index (χ0) is 19.3. The molecule has 0 aliphatic carbocycles. The number of hydrogen-bond acceptors (Lipinski definition) is 7. The molecular weight excluding hydrogens is 390 g/mol. The lowest BCUT2D eigenvalue weighted by atomic mass is 10.2. The predicted octanol–water partition coefficient (Wildman–Crippen LogP) is 1.42. The molecule has 148 valence electrons.